The van der Waals surface area contributed by atoms with Crippen molar-refractivity contribution in [3.05, 3.63) is 0 Å². The molecule has 1 saturated heterocycles. The first-order chi connectivity index (χ1) is 7.08. The van der Waals surface area contributed by atoms with E-state index in [0.717, 1.165) is 32.5 Å². The van der Waals surface area contributed by atoms with Crippen LogP contribution in [-0.4, -0.2) is 47.0 Å². The molecule has 1 aliphatic heterocycles. The molecule has 15 heavy (non-hydrogen) atoms. The van der Waals surface area contributed by atoms with E-state index in [4.69, 9.17) is 4.74 Å². The highest BCUT2D eigenvalue weighted by atomic mass is 32.2. The maximum absolute atomic E-state index is 10.8. The highest BCUT2D eigenvalue weighted by molar-refractivity contribution is 7.88. The van der Waals surface area contributed by atoms with Crippen LogP contribution in [0.25, 0.3) is 0 Å². The van der Waals surface area contributed by atoms with Crippen molar-refractivity contribution in [2.45, 2.75) is 25.3 Å². The Labute approximate surface area is 91.6 Å². The summed E-state index contributed by atoms with van der Waals surface area (Å²) in [5, 5.41) is 3.33. The average Bonchev–Trinajstić information content (AvgIpc) is 2.39. The fourth-order valence-corrected chi connectivity index (χ4v) is 2.09. The van der Waals surface area contributed by atoms with Gasteiger partial charge in [-0.1, -0.05) is 0 Å². The van der Waals surface area contributed by atoms with Gasteiger partial charge in [0.15, 0.2) is 0 Å². The predicted molar refractivity (Wildman–Crippen MR) is 59.3 cm³/mol. The molecule has 0 bridgehead atoms. The van der Waals surface area contributed by atoms with Crippen molar-refractivity contribution in [3.63, 3.8) is 0 Å². The van der Waals surface area contributed by atoms with Crippen LogP contribution in [0.5, 0.6) is 0 Å². The van der Waals surface area contributed by atoms with Gasteiger partial charge in [0.1, 0.15) is 0 Å². The largest absolute Gasteiger partial charge is 0.381 e. The molecule has 1 unspecified atom stereocenters. The Balaban J connectivity index is 2.08. The van der Waals surface area contributed by atoms with E-state index in [1.165, 1.54) is 6.26 Å². The average molecular weight is 236 g/mol. The predicted octanol–water partition coefficient (Wildman–Crippen LogP) is -0.306. The SMILES string of the molecule is CS(=O)(=O)NCCNC1CCCOCC1. The summed E-state index contributed by atoms with van der Waals surface area (Å²) in [4.78, 5) is 0. The van der Waals surface area contributed by atoms with Gasteiger partial charge >= 0.3 is 0 Å². The van der Waals surface area contributed by atoms with Gasteiger partial charge in [-0.2, -0.15) is 0 Å². The van der Waals surface area contributed by atoms with Gasteiger partial charge in [0, 0.05) is 32.3 Å². The van der Waals surface area contributed by atoms with Gasteiger partial charge in [-0.25, -0.2) is 13.1 Å². The van der Waals surface area contributed by atoms with Crippen LogP contribution in [0.3, 0.4) is 0 Å². The Kier molecular flexibility index (Phi) is 5.52. The summed E-state index contributed by atoms with van der Waals surface area (Å²) in [5.41, 5.74) is 0. The third-order valence-corrected chi connectivity index (χ3v) is 3.10. The van der Waals surface area contributed by atoms with Crippen molar-refractivity contribution >= 4 is 10.0 Å². The van der Waals surface area contributed by atoms with Crippen LogP contribution in [0.4, 0.5) is 0 Å². The minimum absolute atomic E-state index is 0.455. The lowest BCUT2D eigenvalue weighted by Crippen LogP contribution is -2.36. The number of hydrogen-bond donors (Lipinski definition) is 2. The summed E-state index contributed by atoms with van der Waals surface area (Å²) in [6.07, 6.45) is 4.38. The maximum Gasteiger partial charge on any atom is 0.208 e. The summed E-state index contributed by atoms with van der Waals surface area (Å²) in [5.74, 6) is 0. The fraction of sp³-hybridized carbons (Fsp3) is 1.00. The normalized spacial score (nSPS) is 23.7. The molecule has 1 rings (SSSR count). The lowest BCUT2D eigenvalue weighted by Gasteiger charge is -2.15. The van der Waals surface area contributed by atoms with Crippen LogP contribution < -0.4 is 10.0 Å². The molecule has 90 valence electrons. The van der Waals surface area contributed by atoms with Crippen LogP contribution >= 0.6 is 0 Å². The van der Waals surface area contributed by atoms with Gasteiger partial charge in [0.05, 0.1) is 6.26 Å². The summed E-state index contributed by atoms with van der Waals surface area (Å²) < 4.78 is 29.3. The van der Waals surface area contributed by atoms with Crippen LogP contribution in [0, 0.1) is 0 Å². The van der Waals surface area contributed by atoms with Gasteiger partial charge in [-0.05, 0) is 19.3 Å². The second kappa shape index (κ2) is 6.42. The molecule has 0 aromatic rings. The Morgan fingerprint density at radius 1 is 1.27 bits per heavy atom. The summed E-state index contributed by atoms with van der Waals surface area (Å²) in [6.45, 7) is 2.78. The van der Waals surface area contributed by atoms with E-state index in [1.807, 2.05) is 0 Å². The van der Waals surface area contributed by atoms with E-state index in [-0.39, 0.29) is 0 Å². The molecule has 1 aliphatic rings. The van der Waals surface area contributed by atoms with Crippen molar-refractivity contribution in [2.24, 2.45) is 0 Å². The maximum atomic E-state index is 10.8. The standard InChI is InChI=1S/C9H20N2O3S/c1-15(12,13)11-6-5-10-9-3-2-7-14-8-4-9/h9-11H,2-8H2,1H3. The zero-order valence-corrected chi connectivity index (χ0v) is 9.98. The summed E-state index contributed by atoms with van der Waals surface area (Å²) >= 11 is 0. The van der Waals surface area contributed by atoms with E-state index in [9.17, 15) is 8.42 Å². The lowest BCUT2D eigenvalue weighted by atomic mass is 10.1. The molecule has 0 aromatic heterocycles. The van der Waals surface area contributed by atoms with E-state index < -0.39 is 10.0 Å². The molecule has 5 nitrogen and oxygen atoms in total. The first-order valence-corrected chi connectivity index (χ1v) is 7.23. The molecule has 1 heterocycles. The quantitative estimate of drug-likeness (QED) is 0.643. The molecule has 0 radical (unpaired) electrons. The molecule has 0 spiro atoms. The molecule has 1 atom stereocenters. The van der Waals surface area contributed by atoms with Crippen molar-refractivity contribution in [3.8, 4) is 0 Å². The highest BCUT2D eigenvalue weighted by Gasteiger charge is 2.11. The fourth-order valence-electron chi connectivity index (χ4n) is 1.62. The highest BCUT2D eigenvalue weighted by Crippen LogP contribution is 2.07. The number of sulfonamides is 1. The number of ether oxygens (including phenoxy) is 1. The van der Waals surface area contributed by atoms with Gasteiger partial charge in [0.25, 0.3) is 0 Å². The Morgan fingerprint density at radius 2 is 2.07 bits per heavy atom. The first kappa shape index (κ1) is 12.9. The van der Waals surface area contributed by atoms with Gasteiger partial charge in [0.2, 0.25) is 10.0 Å². The molecule has 6 heteroatoms. The lowest BCUT2D eigenvalue weighted by molar-refractivity contribution is 0.142. The number of hydrogen-bond acceptors (Lipinski definition) is 4. The number of nitrogens with one attached hydrogen (secondary N) is 2. The Hall–Kier alpha value is -0.170. The smallest absolute Gasteiger partial charge is 0.208 e. The van der Waals surface area contributed by atoms with Crippen LogP contribution in [0.1, 0.15) is 19.3 Å². The van der Waals surface area contributed by atoms with Crippen molar-refractivity contribution in [2.75, 3.05) is 32.6 Å². The Morgan fingerprint density at radius 3 is 2.80 bits per heavy atom. The van der Waals surface area contributed by atoms with Gasteiger partial charge in [-0.3, -0.25) is 0 Å². The molecule has 2 N–H and O–H groups in total. The second-order valence-corrected chi connectivity index (χ2v) is 5.69. The third kappa shape index (κ3) is 6.83. The topological polar surface area (TPSA) is 67.4 Å². The monoisotopic (exact) mass is 236 g/mol. The third-order valence-electron chi connectivity index (χ3n) is 2.37. The minimum Gasteiger partial charge on any atom is -0.381 e. The molecule has 0 aliphatic carbocycles. The van der Waals surface area contributed by atoms with Crippen LogP contribution in [0.2, 0.25) is 0 Å². The van der Waals surface area contributed by atoms with Crippen molar-refractivity contribution in [1.82, 2.24) is 10.0 Å². The van der Waals surface area contributed by atoms with Gasteiger partial charge in [-0.15, -0.1) is 0 Å². The van der Waals surface area contributed by atoms with Crippen LogP contribution in [0.15, 0.2) is 0 Å². The van der Waals surface area contributed by atoms with E-state index >= 15 is 0 Å². The van der Waals surface area contributed by atoms with E-state index in [0.29, 0.717) is 19.1 Å². The molecule has 0 saturated carbocycles. The van der Waals surface area contributed by atoms with E-state index in [2.05, 4.69) is 10.0 Å². The first-order valence-electron chi connectivity index (χ1n) is 5.34. The zero-order valence-electron chi connectivity index (χ0n) is 9.16. The van der Waals surface area contributed by atoms with E-state index in [1.54, 1.807) is 0 Å². The number of rotatable bonds is 5. The van der Waals surface area contributed by atoms with Crippen molar-refractivity contribution < 1.29 is 13.2 Å². The molecular formula is C9H20N2O3S. The zero-order chi connectivity index (χ0) is 11.1. The molecular weight excluding hydrogens is 216 g/mol. The molecule has 1 fully saturated rings. The summed E-state index contributed by atoms with van der Waals surface area (Å²) in [6, 6.07) is 0.467. The second-order valence-electron chi connectivity index (χ2n) is 3.86. The Bertz CT molecular complexity index is 259. The molecule has 0 amide bonds. The van der Waals surface area contributed by atoms with Crippen molar-refractivity contribution in [1.29, 1.82) is 0 Å². The summed E-state index contributed by atoms with van der Waals surface area (Å²) in [7, 11) is -3.05. The molecule has 0 aromatic carbocycles. The van der Waals surface area contributed by atoms with Gasteiger partial charge < -0.3 is 10.1 Å². The van der Waals surface area contributed by atoms with Crippen LogP contribution in [-0.2, 0) is 14.8 Å². The minimum atomic E-state index is -3.05.